The highest BCUT2D eigenvalue weighted by Crippen LogP contribution is 2.32. The standard InChI is InChI=1S/C14H16FNO/c1-2-3-11-9-17-14(16)8-13(11)10-4-6-12(15)7-5-10/h4-9,13H,2-3,16H2,1H3. The zero-order valence-electron chi connectivity index (χ0n) is 9.82. The first-order valence-corrected chi connectivity index (χ1v) is 5.79. The van der Waals surface area contributed by atoms with Crippen molar-refractivity contribution in [3.63, 3.8) is 0 Å². The molecule has 0 saturated heterocycles. The first-order valence-electron chi connectivity index (χ1n) is 5.79. The van der Waals surface area contributed by atoms with E-state index in [0.29, 0.717) is 5.88 Å². The quantitative estimate of drug-likeness (QED) is 0.868. The van der Waals surface area contributed by atoms with Crippen molar-refractivity contribution in [1.29, 1.82) is 0 Å². The van der Waals surface area contributed by atoms with Gasteiger partial charge < -0.3 is 10.5 Å². The van der Waals surface area contributed by atoms with E-state index in [2.05, 4.69) is 6.92 Å². The summed E-state index contributed by atoms with van der Waals surface area (Å²) in [6.45, 7) is 2.12. The van der Waals surface area contributed by atoms with Gasteiger partial charge >= 0.3 is 0 Å². The molecule has 1 aliphatic heterocycles. The highest BCUT2D eigenvalue weighted by atomic mass is 19.1. The van der Waals surface area contributed by atoms with Gasteiger partial charge in [-0.2, -0.15) is 0 Å². The minimum Gasteiger partial charge on any atom is -0.450 e. The second-order valence-electron chi connectivity index (χ2n) is 4.16. The lowest BCUT2D eigenvalue weighted by Gasteiger charge is -2.21. The number of benzene rings is 1. The van der Waals surface area contributed by atoms with E-state index in [9.17, 15) is 4.39 Å². The van der Waals surface area contributed by atoms with Crippen molar-refractivity contribution in [2.24, 2.45) is 5.73 Å². The van der Waals surface area contributed by atoms with Crippen molar-refractivity contribution in [2.45, 2.75) is 25.7 Å². The van der Waals surface area contributed by atoms with Crippen LogP contribution in [-0.4, -0.2) is 0 Å². The van der Waals surface area contributed by atoms with Gasteiger partial charge in [0.15, 0.2) is 5.88 Å². The van der Waals surface area contributed by atoms with E-state index in [4.69, 9.17) is 10.5 Å². The summed E-state index contributed by atoms with van der Waals surface area (Å²) in [5.74, 6) is 0.280. The molecule has 1 atom stereocenters. The molecule has 0 saturated carbocycles. The van der Waals surface area contributed by atoms with E-state index in [0.717, 1.165) is 18.4 Å². The van der Waals surface area contributed by atoms with Crippen LogP contribution in [0.15, 0.2) is 48.1 Å². The molecule has 0 aliphatic carbocycles. The number of hydrogen-bond donors (Lipinski definition) is 1. The molecule has 3 heteroatoms. The van der Waals surface area contributed by atoms with E-state index in [1.165, 1.54) is 17.7 Å². The fourth-order valence-electron chi connectivity index (χ4n) is 2.01. The van der Waals surface area contributed by atoms with Crippen LogP contribution < -0.4 is 5.73 Å². The molecule has 0 radical (unpaired) electrons. The second-order valence-corrected chi connectivity index (χ2v) is 4.16. The summed E-state index contributed by atoms with van der Waals surface area (Å²) in [6, 6.07) is 6.52. The Morgan fingerprint density at radius 3 is 2.65 bits per heavy atom. The third-order valence-electron chi connectivity index (χ3n) is 2.84. The monoisotopic (exact) mass is 233 g/mol. The lowest BCUT2D eigenvalue weighted by Crippen LogP contribution is -2.11. The Morgan fingerprint density at radius 1 is 1.29 bits per heavy atom. The van der Waals surface area contributed by atoms with E-state index in [-0.39, 0.29) is 11.7 Å². The lowest BCUT2D eigenvalue weighted by molar-refractivity contribution is 0.325. The number of ether oxygens (including phenoxy) is 1. The SMILES string of the molecule is CCCC1=COC(N)=CC1c1ccc(F)cc1. The summed E-state index contributed by atoms with van der Waals surface area (Å²) in [6.07, 6.45) is 5.58. The number of rotatable bonds is 3. The minimum atomic E-state index is -0.223. The number of nitrogens with two attached hydrogens (primary N) is 1. The van der Waals surface area contributed by atoms with E-state index >= 15 is 0 Å². The first kappa shape index (κ1) is 11.7. The molecule has 0 spiro atoms. The van der Waals surface area contributed by atoms with Crippen LogP contribution in [0.4, 0.5) is 4.39 Å². The fourth-order valence-corrected chi connectivity index (χ4v) is 2.01. The number of hydrogen-bond acceptors (Lipinski definition) is 2. The Kier molecular flexibility index (Phi) is 3.47. The Morgan fingerprint density at radius 2 is 2.00 bits per heavy atom. The first-order chi connectivity index (χ1) is 8.20. The molecular weight excluding hydrogens is 217 g/mol. The molecule has 1 aliphatic rings. The highest BCUT2D eigenvalue weighted by molar-refractivity contribution is 5.35. The Hall–Kier alpha value is -1.77. The molecule has 2 nitrogen and oxygen atoms in total. The minimum absolute atomic E-state index is 0.101. The Balaban J connectivity index is 2.29. The van der Waals surface area contributed by atoms with Crippen molar-refractivity contribution >= 4 is 0 Å². The molecule has 0 aromatic heterocycles. The average Bonchev–Trinajstić information content (AvgIpc) is 2.33. The van der Waals surface area contributed by atoms with Gasteiger partial charge in [-0.3, -0.25) is 0 Å². The number of halogens is 1. The van der Waals surface area contributed by atoms with Gasteiger partial charge in [-0.15, -0.1) is 0 Å². The smallest absolute Gasteiger partial charge is 0.186 e. The molecule has 1 unspecified atom stereocenters. The van der Waals surface area contributed by atoms with E-state index < -0.39 is 0 Å². The largest absolute Gasteiger partial charge is 0.450 e. The van der Waals surface area contributed by atoms with Crippen LogP contribution in [0.25, 0.3) is 0 Å². The molecule has 1 aromatic rings. The van der Waals surface area contributed by atoms with Crippen LogP contribution >= 0.6 is 0 Å². The maximum atomic E-state index is 12.9. The molecule has 0 fully saturated rings. The maximum absolute atomic E-state index is 12.9. The van der Waals surface area contributed by atoms with E-state index in [1.54, 1.807) is 18.4 Å². The van der Waals surface area contributed by atoms with Gasteiger partial charge in [0.2, 0.25) is 0 Å². The maximum Gasteiger partial charge on any atom is 0.186 e. The van der Waals surface area contributed by atoms with Crippen LogP contribution in [0.1, 0.15) is 31.2 Å². The predicted octanol–water partition coefficient (Wildman–Crippen LogP) is 3.42. The van der Waals surface area contributed by atoms with Crippen LogP contribution in [0, 0.1) is 5.82 Å². The summed E-state index contributed by atoms with van der Waals surface area (Å²) in [7, 11) is 0. The van der Waals surface area contributed by atoms with Crippen molar-refractivity contribution < 1.29 is 9.13 Å². The normalized spacial score (nSPS) is 19.3. The van der Waals surface area contributed by atoms with Crippen LogP contribution in [-0.2, 0) is 4.74 Å². The molecule has 0 amide bonds. The van der Waals surface area contributed by atoms with Crippen molar-refractivity contribution in [1.82, 2.24) is 0 Å². The van der Waals surface area contributed by atoms with E-state index in [1.807, 2.05) is 6.08 Å². The highest BCUT2D eigenvalue weighted by Gasteiger charge is 2.18. The molecule has 17 heavy (non-hydrogen) atoms. The van der Waals surface area contributed by atoms with Crippen molar-refractivity contribution in [2.75, 3.05) is 0 Å². The molecule has 1 heterocycles. The van der Waals surface area contributed by atoms with Crippen LogP contribution in [0.3, 0.4) is 0 Å². The Labute approximate surface area is 101 Å². The van der Waals surface area contributed by atoms with Crippen LogP contribution in [0.2, 0.25) is 0 Å². The molecule has 90 valence electrons. The molecule has 0 bridgehead atoms. The summed E-state index contributed by atoms with van der Waals surface area (Å²) < 4.78 is 18.1. The second kappa shape index (κ2) is 5.04. The molecule has 1 aromatic carbocycles. The third-order valence-corrected chi connectivity index (χ3v) is 2.84. The van der Waals surface area contributed by atoms with Crippen molar-refractivity contribution in [3.05, 3.63) is 59.4 Å². The summed E-state index contributed by atoms with van der Waals surface area (Å²) >= 11 is 0. The van der Waals surface area contributed by atoms with Gasteiger partial charge in [-0.25, -0.2) is 4.39 Å². The zero-order chi connectivity index (χ0) is 12.3. The summed E-state index contributed by atoms with van der Waals surface area (Å²) in [5.41, 5.74) is 7.88. The predicted molar refractivity (Wildman–Crippen MR) is 65.5 cm³/mol. The van der Waals surface area contributed by atoms with Gasteiger partial charge in [0.25, 0.3) is 0 Å². The Bertz CT molecular complexity index is 448. The number of allylic oxidation sites excluding steroid dienone is 2. The van der Waals surface area contributed by atoms with Crippen LogP contribution in [0.5, 0.6) is 0 Å². The van der Waals surface area contributed by atoms with Gasteiger partial charge in [0.1, 0.15) is 5.82 Å². The molecule has 2 N–H and O–H groups in total. The summed E-state index contributed by atoms with van der Waals surface area (Å²) in [5, 5.41) is 0. The topological polar surface area (TPSA) is 35.2 Å². The summed E-state index contributed by atoms with van der Waals surface area (Å²) in [4.78, 5) is 0. The van der Waals surface area contributed by atoms with Crippen molar-refractivity contribution in [3.8, 4) is 0 Å². The molecular formula is C14H16FNO. The van der Waals surface area contributed by atoms with Gasteiger partial charge in [-0.1, -0.05) is 25.5 Å². The third kappa shape index (κ3) is 2.67. The van der Waals surface area contributed by atoms with Gasteiger partial charge in [0.05, 0.1) is 6.26 Å². The fraction of sp³-hybridized carbons (Fsp3) is 0.286. The average molecular weight is 233 g/mol. The zero-order valence-corrected chi connectivity index (χ0v) is 9.82. The van der Waals surface area contributed by atoms with Gasteiger partial charge in [0, 0.05) is 5.92 Å². The lowest BCUT2D eigenvalue weighted by atomic mass is 9.88. The molecule has 2 rings (SSSR count). The van der Waals surface area contributed by atoms with Gasteiger partial charge in [-0.05, 0) is 35.8 Å².